The van der Waals surface area contributed by atoms with E-state index in [1.165, 1.54) is 0 Å². The number of halogens is 1. The summed E-state index contributed by atoms with van der Waals surface area (Å²) in [4.78, 5) is 16.9. The highest BCUT2D eigenvalue weighted by molar-refractivity contribution is 7.13. The van der Waals surface area contributed by atoms with Crippen molar-refractivity contribution in [2.75, 3.05) is 6.61 Å². The van der Waals surface area contributed by atoms with Crippen molar-refractivity contribution in [2.45, 2.75) is 13.5 Å². The zero-order chi connectivity index (χ0) is 21.6. The highest BCUT2D eigenvalue weighted by atomic mass is 35.5. The molecule has 0 saturated carbocycles. The third-order valence-corrected chi connectivity index (χ3v) is 6.05. The van der Waals surface area contributed by atoms with Crippen LogP contribution in [-0.2, 0) is 11.3 Å². The summed E-state index contributed by atoms with van der Waals surface area (Å²) in [5, 5.41) is 6.59. The number of aromatic nitrogens is 1. The van der Waals surface area contributed by atoms with Gasteiger partial charge in [0.2, 0.25) is 0 Å². The summed E-state index contributed by atoms with van der Waals surface area (Å²) in [6.45, 7) is 2.27. The Morgan fingerprint density at radius 2 is 1.84 bits per heavy atom. The van der Waals surface area contributed by atoms with E-state index in [1.54, 1.807) is 23.5 Å². The molecule has 4 aromatic rings. The summed E-state index contributed by atoms with van der Waals surface area (Å²) in [5.41, 5.74) is 5.02. The average Bonchev–Trinajstić information content (AvgIpc) is 3.30. The van der Waals surface area contributed by atoms with Crippen LogP contribution in [0.15, 0.2) is 78.2 Å². The second-order valence-electron chi connectivity index (χ2n) is 7.08. The van der Waals surface area contributed by atoms with Gasteiger partial charge in [-0.05, 0) is 42.3 Å². The quantitative estimate of drug-likeness (QED) is 0.369. The summed E-state index contributed by atoms with van der Waals surface area (Å²) in [6, 6.07) is 23.5. The van der Waals surface area contributed by atoms with Crippen molar-refractivity contribution in [1.82, 2.24) is 10.3 Å². The van der Waals surface area contributed by atoms with Gasteiger partial charge in [-0.1, -0.05) is 60.1 Å². The lowest BCUT2D eigenvalue weighted by Gasteiger charge is -2.09. The zero-order valence-electron chi connectivity index (χ0n) is 17.0. The van der Waals surface area contributed by atoms with Crippen molar-refractivity contribution in [1.29, 1.82) is 0 Å². The second kappa shape index (κ2) is 9.77. The molecule has 3 aromatic carbocycles. The Bertz CT molecular complexity index is 1190. The van der Waals surface area contributed by atoms with E-state index in [4.69, 9.17) is 21.3 Å². The summed E-state index contributed by atoms with van der Waals surface area (Å²) in [6.07, 6.45) is 0. The summed E-state index contributed by atoms with van der Waals surface area (Å²) < 4.78 is 5.55. The minimum Gasteiger partial charge on any atom is -0.484 e. The maximum Gasteiger partial charge on any atom is 0.258 e. The Labute approximate surface area is 190 Å². The number of carbonyl (C=O) groups is 1. The SMILES string of the molecule is Cc1cc(OCC(=O)NCc2cccc(-c3nc(-c4ccccc4)cs3)c2)ccc1Cl. The number of nitrogens with zero attached hydrogens (tertiary/aromatic N) is 1. The first-order valence-electron chi connectivity index (χ1n) is 9.84. The van der Waals surface area contributed by atoms with Gasteiger partial charge in [0.05, 0.1) is 5.69 Å². The highest BCUT2D eigenvalue weighted by Crippen LogP contribution is 2.29. The molecule has 6 heteroatoms. The number of nitrogens with one attached hydrogen (secondary N) is 1. The summed E-state index contributed by atoms with van der Waals surface area (Å²) in [7, 11) is 0. The first-order valence-corrected chi connectivity index (χ1v) is 11.1. The minimum atomic E-state index is -0.182. The molecule has 0 fully saturated rings. The van der Waals surface area contributed by atoms with Crippen LogP contribution in [0.4, 0.5) is 0 Å². The maximum absolute atomic E-state index is 12.2. The average molecular weight is 449 g/mol. The van der Waals surface area contributed by atoms with Crippen molar-refractivity contribution in [3.05, 3.63) is 94.3 Å². The topological polar surface area (TPSA) is 51.2 Å². The predicted molar refractivity (Wildman–Crippen MR) is 127 cm³/mol. The molecule has 0 aliphatic rings. The number of aryl methyl sites for hydroxylation is 1. The fraction of sp³-hybridized carbons (Fsp3) is 0.120. The van der Waals surface area contributed by atoms with Crippen molar-refractivity contribution < 1.29 is 9.53 Å². The van der Waals surface area contributed by atoms with Crippen molar-refractivity contribution in [2.24, 2.45) is 0 Å². The zero-order valence-corrected chi connectivity index (χ0v) is 18.5. The van der Waals surface area contributed by atoms with E-state index in [9.17, 15) is 4.79 Å². The molecule has 0 aliphatic carbocycles. The van der Waals surface area contributed by atoms with E-state index in [-0.39, 0.29) is 12.5 Å². The number of ether oxygens (including phenoxy) is 1. The Kier molecular flexibility index (Phi) is 6.65. The molecule has 156 valence electrons. The summed E-state index contributed by atoms with van der Waals surface area (Å²) >= 11 is 7.62. The first-order chi connectivity index (χ1) is 15.1. The van der Waals surface area contributed by atoms with Gasteiger partial charge in [0, 0.05) is 28.1 Å². The molecule has 4 rings (SSSR count). The largest absolute Gasteiger partial charge is 0.484 e. The van der Waals surface area contributed by atoms with Gasteiger partial charge in [0.1, 0.15) is 10.8 Å². The van der Waals surface area contributed by atoms with Crippen LogP contribution in [0, 0.1) is 6.92 Å². The normalized spacial score (nSPS) is 10.6. The van der Waals surface area contributed by atoms with Gasteiger partial charge in [0.25, 0.3) is 5.91 Å². The van der Waals surface area contributed by atoms with Crippen LogP contribution in [0.1, 0.15) is 11.1 Å². The molecule has 1 aromatic heterocycles. The fourth-order valence-corrected chi connectivity index (χ4v) is 4.01. The van der Waals surface area contributed by atoms with E-state index in [0.717, 1.165) is 33.0 Å². The maximum atomic E-state index is 12.2. The molecule has 4 nitrogen and oxygen atoms in total. The van der Waals surface area contributed by atoms with Gasteiger partial charge < -0.3 is 10.1 Å². The smallest absolute Gasteiger partial charge is 0.258 e. The van der Waals surface area contributed by atoms with Crippen molar-refractivity contribution in [3.8, 4) is 27.6 Å². The Morgan fingerprint density at radius 3 is 2.65 bits per heavy atom. The molecule has 31 heavy (non-hydrogen) atoms. The second-order valence-corrected chi connectivity index (χ2v) is 8.35. The monoisotopic (exact) mass is 448 g/mol. The van der Waals surface area contributed by atoms with E-state index < -0.39 is 0 Å². The first kappa shape index (κ1) is 21.1. The fourth-order valence-electron chi connectivity index (χ4n) is 3.07. The van der Waals surface area contributed by atoms with E-state index in [0.29, 0.717) is 17.3 Å². The van der Waals surface area contributed by atoms with Crippen LogP contribution >= 0.6 is 22.9 Å². The molecule has 0 bridgehead atoms. The van der Waals surface area contributed by atoms with E-state index in [1.807, 2.05) is 49.4 Å². The van der Waals surface area contributed by atoms with Crippen LogP contribution in [0.2, 0.25) is 5.02 Å². The number of hydrogen-bond donors (Lipinski definition) is 1. The van der Waals surface area contributed by atoms with E-state index >= 15 is 0 Å². The lowest BCUT2D eigenvalue weighted by molar-refractivity contribution is -0.123. The number of benzene rings is 3. The van der Waals surface area contributed by atoms with Gasteiger partial charge >= 0.3 is 0 Å². The Hall–Kier alpha value is -3.15. The minimum absolute atomic E-state index is 0.0479. The molecule has 0 aliphatic heterocycles. The molecule has 0 atom stereocenters. The molecule has 0 saturated heterocycles. The van der Waals surface area contributed by atoms with Crippen LogP contribution in [0.5, 0.6) is 5.75 Å². The van der Waals surface area contributed by atoms with E-state index in [2.05, 4.69) is 28.9 Å². The molecular formula is C25H21ClN2O2S. The Balaban J connectivity index is 1.35. The van der Waals surface area contributed by atoms with Crippen LogP contribution in [0.25, 0.3) is 21.8 Å². The molecule has 1 amide bonds. The predicted octanol–water partition coefficient (Wildman–Crippen LogP) is 6.13. The van der Waals surface area contributed by atoms with Gasteiger partial charge in [-0.3, -0.25) is 4.79 Å². The third kappa shape index (κ3) is 5.51. The van der Waals surface area contributed by atoms with Gasteiger partial charge in [-0.15, -0.1) is 11.3 Å². The molecule has 0 radical (unpaired) electrons. The standard InChI is InChI=1S/C25H21ClN2O2S/c1-17-12-21(10-11-22(17)26)30-15-24(29)27-14-18-6-5-9-20(13-18)25-28-23(16-31-25)19-7-3-2-4-8-19/h2-13,16H,14-15H2,1H3,(H,27,29). The van der Waals surface area contributed by atoms with Crippen molar-refractivity contribution >= 4 is 28.8 Å². The van der Waals surface area contributed by atoms with Crippen LogP contribution in [-0.4, -0.2) is 17.5 Å². The third-order valence-electron chi connectivity index (χ3n) is 4.74. The highest BCUT2D eigenvalue weighted by Gasteiger charge is 2.08. The summed E-state index contributed by atoms with van der Waals surface area (Å²) in [5.74, 6) is 0.440. The number of amides is 1. The van der Waals surface area contributed by atoms with Gasteiger partial charge in [-0.25, -0.2) is 4.98 Å². The lowest BCUT2D eigenvalue weighted by atomic mass is 10.1. The molecular weight excluding hydrogens is 428 g/mol. The van der Waals surface area contributed by atoms with Gasteiger partial charge in [-0.2, -0.15) is 0 Å². The van der Waals surface area contributed by atoms with Crippen LogP contribution < -0.4 is 10.1 Å². The van der Waals surface area contributed by atoms with Gasteiger partial charge in [0.15, 0.2) is 6.61 Å². The lowest BCUT2D eigenvalue weighted by Crippen LogP contribution is -2.28. The van der Waals surface area contributed by atoms with Crippen molar-refractivity contribution in [3.63, 3.8) is 0 Å². The molecule has 1 N–H and O–H groups in total. The number of rotatable bonds is 7. The number of thiazole rings is 1. The molecule has 0 unspecified atom stereocenters. The molecule has 0 spiro atoms. The number of carbonyl (C=O) groups excluding carboxylic acids is 1. The Morgan fingerprint density at radius 1 is 1.03 bits per heavy atom. The molecule has 1 heterocycles. The van der Waals surface area contributed by atoms with Crippen LogP contribution in [0.3, 0.4) is 0 Å². The number of hydrogen-bond acceptors (Lipinski definition) is 4.